The highest BCUT2D eigenvalue weighted by molar-refractivity contribution is 7.93. The highest BCUT2D eigenvalue weighted by Crippen LogP contribution is 2.30. The molecule has 0 saturated heterocycles. The number of hydrogen-bond donors (Lipinski definition) is 6. The number of fused-ring (bicyclic) bond motifs is 1. The molecule has 0 aliphatic carbocycles. The van der Waals surface area contributed by atoms with E-state index in [1.165, 1.54) is 11.4 Å². The molecule has 0 unspecified atom stereocenters. The molecule has 1 aromatic carbocycles. The maximum atomic E-state index is 13.1. The van der Waals surface area contributed by atoms with E-state index in [0.29, 0.717) is 17.5 Å². The summed E-state index contributed by atoms with van der Waals surface area (Å²) in [5.41, 5.74) is 8.05. The van der Waals surface area contributed by atoms with Crippen molar-refractivity contribution in [3.8, 4) is 0 Å². The number of nitrogens with zero attached hydrogens (tertiary/aromatic N) is 2. The third-order valence-corrected chi connectivity index (χ3v) is 7.64. The predicted octanol–water partition coefficient (Wildman–Crippen LogP) is 1.22. The zero-order chi connectivity index (χ0) is 24.2. The van der Waals surface area contributed by atoms with E-state index in [0.717, 1.165) is 23.1 Å². The molecule has 33 heavy (non-hydrogen) atoms. The Kier molecular flexibility index (Phi) is 7.70. The summed E-state index contributed by atoms with van der Waals surface area (Å²) in [6.07, 6.45) is 0.428. The van der Waals surface area contributed by atoms with Crippen LogP contribution < -0.4 is 21.3 Å². The van der Waals surface area contributed by atoms with Gasteiger partial charge in [-0.2, -0.15) is 14.2 Å². The van der Waals surface area contributed by atoms with Crippen LogP contribution in [0, 0.1) is 12.3 Å². The average molecular weight is 512 g/mol. The van der Waals surface area contributed by atoms with Crippen LogP contribution in [0.3, 0.4) is 0 Å². The molecule has 0 bridgehead atoms. The topological polar surface area (TPSA) is 200 Å². The number of ketones is 2. The summed E-state index contributed by atoms with van der Waals surface area (Å²) in [4.78, 5) is 25.3. The van der Waals surface area contributed by atoms with Crippen molar-refractivity contribution in [2.45, 2.75) is 30.7 Å². The minimum atomic E-state index is -4.15. The fourth-order valence-corrected chi connectivity index (χ4v) is 6.00. The van der Waals surface area contributed by atoms with Gasteiger partial charge in [0.05, 0.1) is 23.5 Å². The van der Waals surface area contributed by atoms with Crippen molar-refractivity contribution in [3.63, 3.8) is 0 Å². The van der Waals surface area contributed by atoms with Gasteiger partial charge in [-0.3, -0.25) is 19.7 Å². The molecule has 3 aromatic rings. The zero-order valence-electron chi connectivity index (χ0n) is 17.3. The maximum Gasteiger partial charge on any atom is 0.264 e. The molecule has 176 valence electrons. The number of anilines is 1. The van der Waals surface area contributed by atoms with Gasteiger partial charge in [0.25, 0.3) is 10.0 Å². The molecule has 0 fully saturated rings. The van der Waals surface area contributed by atoms with Crippen LogP contribution >= 0.6 is 23.1 Å². The van der Waals surface area contributed by atoms with Gasteiger partial charge in [-0.25, -0.2) is 8.42 Å². The van der Waals surface area contributed by atoms with E-state index in [2.05, 4.69) is 18.8 Å². The zero-order valence-corrected chi connectivity index (χ0v) is 19.7. The Balaban J connectivity index is 1.80. The first-order valence-electron chi connectivity index (χ1n) is 9.54. The van der Waals surface area contributed by atoms with Crippen molar-refractivity contribution in [3.05, 3.63) is 34.0 Å². The van der Waals surface area contributed by atoms with E-state index >= 15 is 0 Å². The van der Waals surface area contributed by atoms with Crippen molar-refractivity contribution in [1.29, 1.82) is 5.41 Å². The highest BCUT2D eigenvalue weighted by atomic mass is 32.2. The van der Waals surface area contributed by atoms with Crippen LogP contribution in [0.15, 0.2) is 28.5 Å². The standard InChI is InChI=1S/C18H21N7O5S3/c1-9-4-5-10-13(24-32-23-10)17(9)33(29,30)25-12-6-8-31-16(12)15(27)14(26)11(22-28)3-2-7-21-18(19)20/h4-6,8,11,22,25,28H,2-3,7H2,1H3,(H4,19,20,21)/t11-/m0/s1. The van der Waals surface area contributed by atoms with Crippen molar-refractivity contribution in [2.24, 2.45) is 5.73 Å². The number of Topliss-reactive ketones (excluding diaryl/α,β-unsaturated/α-hetero) is 2. The third-order valence-electron chi connectivity index (χ3n) is 4.64. The summed E-state index contributed by atoms with van der Waals surface area (Å²) < 4.78 is 36.8. The monoisotopic (exact) mass is 511 g/mol. The number of hydroxylamine groups is 1. The molecule has 7 N–H and O–H groups in total. The summed E-state index contributed by atoms with van der Waals surface area (Å²) in [5.74, 6) is -2.11. The third kappa shape index (κ3) is 5.51. The summed E-state index contributed by atoms with van der Waals surface area (Å²) in [6, 6.07) is 3.46. The summed E-state index contributed by atoms with van der Waals surface area (Å²) in [7, 11) is -4.15. The highest BCUT2D eigenvalue weighted by Gasteiger charge is 2.30. The number of guanidine groups is 1. The smallest absolute Gasteiger partial charge is 0.264 e. The van der Waals surface area contributed by atoms with Gasteiger partial charge in [0.2, 0.25) is 11.6 Å². The molecule has 0 amide bonds. The Morgan fingerprint density at radius 3 is 2.73 bits per heavy atom. The number of carbonyl (C=O) groups excluding carboxylic acids is 2. The van der Waals surface area contributed by atoms with Gasteiger partial charge in [0, 0.05) is 6.54 Å². The van der Waals surface area contributed by atoms with E-state index in [9.17, 15) is 23.2 Å². The molecule has 15 heteroatoms. The van der Waals surface area contributed by atoms with Crippen LogP contribution in [-0.4, -0.2) is 52.5 Å². The molecule has 0 saturated carbocycles. The number of aromatic nitrogens is 2. The van der Waals surface area contributed by atoms with Crippen LogP contribution in [0.2, 0.25) is 0 Å². The Morgan fingerprint density at radius 2 is 2.03 bits per heavy atom. The molecule has 0 aliphatic heterocycles. The second-order valence-electron chi connectivity index (χ2n) is 6.97. The number of rotatable bonds is 11. The fourth-order valence-electron chi connectivity index (χ4n) is 3.08. The lowest BCUT2D eigenvalue weighted by Gasteiger charge is -2.14. The number of nitrogens with one attached hydrogen (secondary N) is 4. The van der Waals surface area contributed by atoms with Crippen molar-refractivity contribution < 1.29 is 23.2 Å². The average Bonchev–Trinajstić information content (AvgIpc) is 3.41. The Morgan fingerprint density at radius 1 is 1.27 bits per heavy atom. The van der Waals surface area contributed by atoms with Gasteiger partial charge in [-0.1, -0.05) is 6.07 Å². The Labute approximate surface area is 197 Å². The van der Waals surface area contributed by atoms with Gasteiger partial charge in [-0.15, -0.1) is 11.3 Å². The second-order valence-corrected chi connectivity index (χ2v) is 10.0. The fraction of sp³-hybridized carbons (Fsp3) is 0.278. The first-order valence-corrected chi connectivity index (χ1v) is 12.6. The van der Waals surface area contributed by atoms with Crippen LogP contribution in [0.25, 0.3) is 11.0 Å². The predicted molar refractivity (Wildman–Crippen MR) is 124 cm³/mol. The van der Waals surface area contributed by atoms with E-state index in [1.54, 1.807) is 19.1 Å². The molecule has 0 spiro atoms. The van der Waals surface area contributed by atoms with Gasteiger partial charge in [0.1, 0.15) is 20.8 Å². The number of aryl methyl sites for hydroxylation is 1. The van der Waals surface area contributed by atoms with E-state index < -0.39 is 27.6 Å². The number of sulfonamides is 1. The molecule has 1 atom stereocenters. The Hall–Kier alpha value is -2.98. The van der Waals surface area contributed by atoms with Gasteiger partial charge >= 0.3 is 0 Å². The summed E-state index contributed by atoms with van der Waals surface area (Å²) >= 11 is 1.79. The van der Waals surface area contributed by atoms with Gasteiger partial charge in [0.15, 0.2) is 5.96 Å². The van der Waals surface area contributed by atoms with Crippen LogP contribution in [0.4, 0.5) is 5.69 Å². The Bertz CT molecular complexity index is 1300. The SMILES string of the molecule is Cc1ccc2nsnc2c1S(=O)(=O)Nc1ccsc1C(=O)C(=O)[C@H](CCCNC(=N)N)NO. The molecule has 0 aliphatic rings. The van der Waals surface area contributed by atoms with Crippen molar-refractivity contribution in [1.82, 2.24) is 19.5 Å². The van der Waals surface area contributed by atoms with Crippen LogP contribution in [0.5, 0.6) is 0 Å². The number of benzene rings is 1. The second kappa shape index (κ2) is 10.3. The molecule has 2 heterocycles. The number of hydrogen-bond acceptors (Lipinski definition) is 11. The lowest BCUT2D eigenvalue weighted by Crippen LogP contribution is -2.40. The van der Waals surface area contributed by atoms with Gasteiger partial charge < -0.3 is 16.3 Å². The minimum Gasteiger partial charge on any atom is -0.370 e. The largest absolute Gasteiger partial charge is 0.370 e. The first-order chi connectivity index (χ1) is 15.7. The van der Waals surface area contributed by atoms with E-state index in [1.807, 2.05) is 5.48 Å². The first kappa shape index (κ1) is 24.7. The summed E-state index contributed by atoms with van der Waals surface area (Å²) in [5, 5.41) is 20.5. The number of thiophene rings is 1. The van der Waals surface area contributed by atoms with Crippen molar-refractivity contribution in [2.75, 3.05) is 11.3 Å². The molecule has 12 nitrogen and oxygen atoms in total. The van der Waals surface area contributed by atoms with Crippen LogP contribution in [-0.2, 0) is 14.8 Å². The van der Waals surface area contributed by atoms with Crippen LogP contribution in [0.1, 0.15) is 28.1 Å². The quantitative estimate of drug-likeness (QED) is 0.0543. The molecular formula is C18H21N7O5S3. The van der Waals surface area contributed by atoms with E-state index in [-0.39, 0.29) is 39.9 Å². The lowest BCUT2D eigenvalue weighted by atomic mass is 10.0. The molecular weight excluding hydrogens is 490 g/mol. The van der Waals surface area contributed by atoms with Gasteiger partial charge in [-0.05, 0) is 42.8 Å². The minimum absolute atomic E-state index is 0.0483. The molecule has 3 rings (SSSR count). The van der Waals surface area contributed by atoms with Crippen molar-refractivity contribution >= 4 is 67.3 Å². The maximum absolute atomic E-state index is 13.1. The normalized spacial score (nSPS) is 12.4. The number of carbonyl (C=O) groups is 2. The molecule has 0 radical (unpaired) electrons. The summed E-state index contributed by atoms with van der Waals surface area (Å²) in [6.45, 7) is 1.89. The number of nitrogens with two attached hydrogens (primary N) is 1. The van der Waals surface area contributed by atoms with E-state index in [4.69, 9.17) is 11.1 Å². The lowest BCUT2D eigenvalue weighted by molar-refractivity contribution is -0.119. The molecule has 2 aromatic heterocycles.